The molecule has 0 aliphatic carbocycles. The molecule has 5 rings (SSSR count). The van der Waals surface area contributed by atoms with Crippen LogP contribution in [0.2, 0.25) is 0 Å². The predicted octanol–water partition coefficient (Wildman–Crippen LogP) is 5.46. The van der Waals surface area contributed by atoms with Crippen molar-refractivity contribution in [3.63, 3.8) is 0 Å². The summed E-state index contributed by atoms with van der Waals surface area (Å²) in [6.45, 7) is 4.30. The molecule has 0 saturated heterocycles. The molecule has 0 amide bonds. The van der Waals surface area contributed by atoms with Gasteiger partial charge in [0.05, 0.1) is 17.2 Å². The lowest BCUT2D eigenvalue weighted by molar-refractivity contribution is 0.161. The SMILES string of the molecule is Cc1cccc(C)c1-c1cc2nc(n1)NS(=O)(=O)c1cccc(c1)OC(c1ccccc1)CCO2. The molecule has 0 spiro atoms. The molecule has 0 radical (unpaired) electrons. The van der Waals surface area contributed by atoms with Gasteiger partial charge in [0, 0.05) is 24.1 Å². The summed E-state index contributed by atoms with van der Waals surface area (Å²) in [6, 6.07) is 23.9. The zero-order valence-electron chi connectivity index (χ0n) is 19.4. The van der Waals surface area contributed by atoms with E-state index in [9.17, 15) is 8.42 Å². The number of anilines is 1. The molecule has 1 aliphatic heterocycles. The van der Waals surface area contributed by atoms with Crippen LogP contribution in [0.5, 0.6) is 11.6 Å². The van der Waals surface area contributed by atoms with E-state index < -0.39 is 10.0 Å². The van der Waals surface area contributed by atoms with Crippen LogP contribution < -0.4 is 14.2 Å². The number of hydrogen-bond donors (Lipinski definition) is 1. The van der Waals surface area contributed by atoms with E-state index in [2.05, 4.69) is 14.7 Å². The largest absolute Gasteiger partial charge is 0.486 e. The maximum absolute atomic E-state index is 13.2. The second-order valence-electron chi connectivity index (χ2n) is 8.42. The van der Waals surface area contributed by atoms with Gasteiger partial charge >= 0.3 is 0 Å². The Morgan fingerprint density at radius 1 is 0.886 bits per heavy atom. The highest BCUT2D eigenvalue weighted by Gasteiger charge is 2.22. The summed E-state index contributed by atoms with van der Waals surface area (Å²) in [5.74, 6) is 0.684. The molecule has 4 bridgehead atoms. The Morgan fingerprint density at radius 3 is 2.40 bits per heavy atom. The van der Waals surface area contributed by atoms with Gasteiger partial charge in [-0.05, 0) is 42.7 Å². The summed E-state index contributed by atoms with van der Waals surface area (Å²) in [6.07, 6.45) is 0.203. The Kier molecular flexibility index (Phi) is 6.13. The van der Waals surface area contributed by atoms with E-state index in [1.807, 2.05) is 62.4 Å². The molecular formula is C27H25N3O4S. The van der Waals surface area contributed by atoms with Crippen molar-refractivity contribution in [2.24, 2.45) is 0 Å². The van der Waals surface area contributed by atoms with Gasteiger partial charge in [-0.1, -0.05) is 54.6 Å². The van der Waals surface area contributed by atoms with Crippen molar-refractivity contribution in [2.75, 3.05) is 11.3 Å². The fraction of sp³-hybridized carbons (Fsp3) is 0.185. The standard InChI is InChI=1S/C27H25N3O4S/c1-18-8-6-9-19(2)26(18)23-17-25-29-27(28-23)30-35(31,32)22-13-7-12-21(16-22)34-24(14-15-33-25)20-10-4-3-5-11-20/h3-13,16-17,24H,14-15H2,1-2H3,(H,28,29,30). The van der Waals surface area contributed by atoms with Crippen molar-refractivity contribution >= 4 is 16.0 Å². The van der Waals surface area contributed by atoms with Gasteiger partial charge in [0.1, 0.15) is 11.9 Å². The van der Waals surface area contributed by atoms with Crippen LogP contribution in [-0.4, -0.2) is 25.0 Å². The average Bonchev–Trinajstić information content (AvgIpc) is 2.84. The van der Waals surface area contributed by atoms with Crippen LogP contribution in [0.1, 0.15) is 29.2 Å². The number of hydrogen-bond acceptors (Lipinski definition) is 6. The topological polar surface area (TPSA) is 90.4 Å². The highest BCUT2D eigenvalue weighted by Crippen LogP contribution is 2.31. The number of aromatic nitrogens is 2. The van der Waals surface area contributed by atoms with Crippen LogP contribution in [-0.2, 0) is 10.0 Å². The Bertz CT molecular complexity index is 1450. The summed E-state index contributed by atoms with van der Waals surface area (Å²) in [5.41, 5.74) is 4.51. The van der Waals surface area contributed by atoms with E-state index in [0.29, 0.717) is 24.5 Å². The molecule has 7 nitrogen and oxygen atoms in total. The lowest BCUT2D eigenvalue weighted by Crippen LogP contribution is -2.15. The van der Waals surface area contributed by atoms with E-state index in [1.165, 1.54) is 12.1 Å². The van der Waals surface area contributed by atoms with Gasteiger partial charge in [0.25, 0.3) is 10.0 Å². The van der Waals surface area contributed by atoms with Crippen molar-refractivity contribution in [3.05, 3.63) is 95.6 Å². The second-order valence-corrected chi connectivity index (χ2v) is 10.1. The molecule has 1 N–H and O–H groups in total. The fourth-order valence-electron chi connectivity index (χ4n) is 4.18. The highest BCUT2D eigenvalue weighted by atomic mass is 32.2. The zero-order chi connectivity index (χ0) is 24.4. The number of benzene rings is 3. The van der Waals surface area contributed by atoms with Crippen molar-refractivity contribution in [1.29, 1.82) is 0 Å². The predicted molar refractivity (Wildman–Crippen MR) is 134 cm³/mol. The van der Waals surface area contributed by atoms with E-state index in [-0.39, 0.29) is 22.8 Å². The first-order chi connectivity index (χ1) is 16.9. The first kappa shape index (κ1) is 22.9. The molecule has 35 heavy (non-hydrogen) atoms. The van der Waals surface area contributed by atoms with Crippen LogP contribution in [0.3, 0.4) is 0 Å². The van der Waals surface area contributed by atoms with Crippen molar-refractivity contribution in [2.45, 2.75) is 31.3 Å². The molecule has 4 aromatic rings. The summed E-state index contributed by atoms with van der Waals surface area (Å²) in [5, 5.41) is 0. The fourth-order valence-corrected chi connectivity index (χ4v) is 5.16. The number of aryl methyl sites for hydroxylation is 2. The third-order valence-electron chi connectivity index (χ3n) is 5.86. The van der Waals surface area contributed by atoms with Gasteiger partial charge in [-0.25, -0.2) is 18.1 Å². The molecule has 178 valence electrons. The quantitative estimate of drug-likeness (QED) is 0.404. The molecule has 0 saturated carbocycles. The lowest BCUT2D eigenvalue weighted by Gasteiger charge is -2.20. The third-order valence-corrected chi connectivity index (χ3v) is 7.19. The normalized spacial score (nSPS) is 16.9. The smallest absolute Gasteiger partial charge is 0.264 e. The van der Waals surface area contributed by atoms with Crippen LogP contribution in [0.4, 0.5) is 5.95 Å². The number of sulfonamides is 1. The molecule has 3 aromatic carbocycles. The third kappa shape index (κ3) is 4.97. The monoisotopic (exact) mass is 487 g/mol. The number of nitrogens with zero attached hydrogens (tertiary/aromatic N) is 2. The molecule has 8 heteroatoms. The summed E-state index contributed by atoms with van der Waals surface area (Å²) in [4.78, 5) is 8.94. The van der Waals surface area contributed by atoms with Gasteiger partial charge in [-0.15, -0.1) is 0 Å². The summed E-state index contributed by atoms with van der Waals surface area (Å²) in [7, 11) is -3.97. The van der Waals surface area contributed by atoms with Crippen LogP contribution in [0.15, 0.2) is 83.8 Å². The minimum absolute atomic E-state index is 0.0506. The molecule has 1 aliphatic rings. The first-order valence-corrected chi connectivity index (χ1v) is 12.8. The van der Waals surface area contributed by atoms with Crippen molar-refractivity contribution in [3.8, 4) is 22.9 Å². The Labute approximate surface area is 204 Å². The Morgan fingerprint density at radius 2 is 1.63 bits per heavy atom. The van der Waals surface area contributed by atoms with Gasteiger partial charge in [0.15, 0.2) is 0 Å². The highest BCUT2D eigenvalue weighted by molar-refractivity contribution is 7.92. The van der Waals surface area contributed by atoms with Crippen LogP contribution in [0, 0.1) is 13.8 Å². The maximum atomic E-state index is 13.2. The van der Waals surface area contributed by atoms with Gasteiger partial charge < -0.3 is 9.47 Å². The number of rotatable bonds is 2. The van der Waals surface area contributed by atoms with Crippen molar-refractivity contribution in [1.82, 2.24) is 9.97 Å². The zero-order valence-corrected chi connectivity index (χ0v) is 20.2. The lowest BCUT2D eigenvalue weighted by atomic mass is 10.00. The molecule has 2 heterocycles. The molecule has 1 unspecified atom stereocenters. The molecule has 0 fully saturated rings. The maximum Gasteiger partial charge on any atom is 0.264 e. The van der Waals surface area contributed by atoms with E-state index in [4.69, 9.17) is 9.47 Å². The molecular weight excluding hydrogens is 462 g/mol. The number of ether oxygens (including phenoxy) is 2. The van der Waals surface area contributed by atoms with Crippen LogP contribution in [0.25, 0.3) is 11.3 Å². The van der Waals surface area contributed by atoms with Crippen LogP contribution >= 0.6 is 0 Å². The molecule has 1 atom stereocenters. The number of nitrogens with one attached hydrogen (secondary N) is 1. The van der Waals surface area contributed by atoms with Gasteiger partial charge in [0.2, 0.25) is 11.8 Å². The molecule has 1 aromatic heterocycles. The van der Waals surface area contributed by atoms with Crippen molar-refractivity contribution < 1.29 is 17.9 Å². The minimum atomic E-state index is -3.97. The Balaban J connectivity index is 1.61. The number of fused-ring (bicyclic) bond motifs is 4. The summed E-state index contributed by atoms with van der Waals surface area (Å²) < 4.78 is 41.2. The minimum Gasteiger partial charge on any atom is -0.486 e. The second kappa shape index (κ2) is 9.38. The average molecular weight is 488 g/mol. The van der Waals surface area contributed by atoms with Gasteiger partial charge in [-0.3, -0.25) is 0 Å². The Hall–Kier alpha value is -3.91. The van der Waals surface area contributed by atoms with E-state index >= 15 is 0 Å². The van der Waals surface area contributed by atoms with Gasteiger partial charge in [-0.2, -0.15) is 4.98 Å². The van der Waals surface area contributed by atoms with E-state index in [0.717, 1.165) is 22.3 Å². The van der Waals surface area contributed by atoms with E-state index in [1.54, 1.807) is 18.2 Å². The summed E-state index contributed by atoms with van der Waals surface area (Å²) >= 11 is 0. The first-order valence-electron chi connectivity index (χ1n) is 11.3.